The largest absolute Gasteiger partial charge is 0.352 e. The molecular formula is C21H20N4OS. The van der Waals surface area contributed by atoms with Crippen LogP contribution in [0.5, 0.6) is 0 Å². The quantitative estimate of drug-likeness (QED) is 0.515. The second-order valence-electron chi connectivity index (χ2n) is 6.46. The van der Waals surface area contributed by atoms with E-state index in [0.29, 0.717) is 12.1 Å². The van der Waals surface area contributed by atoms with Crippen LogP contribution in [0, 0.1) is 6.92 Å². The van der Waals surface area contributed by atoms with Crippen LogP contribution in [0.2, 0.25) is 0 Å². The predicted octanol–water partition coefficient (Wildman–Crippen LogP) is 4.13. The van der Waals surface area contributed by atoms with Crippen molar-refractivity contribution in [2.75, 3.05) is 6.54 Å². The highest BCUT2D eigenvalue weighted by atomic mass is 32.1. The smallest absolute Gasteiger partial charge is 0.251 e. The molecule has 6 heteroatoms. The molecule has 5 nitrogen and oxygen atoms in total. The summed E-state index contributed by atoms with van der Waals surface area (Å²) in [5, 5.41) is 9.42. The molecule has 0 aliphatic heterocycles. The van der Waals surface area contributed by atoms with Gasteiger partial charge in [-0.25, -0.2) is 9.50 Å². The van der Waals surface area contributed by atoms with Crippen molar-refractivity contribution in [1.29, 1.82) is 0 Å². The van der Waals surface area contributed by atoms with Crippen molar-refractivity contribution in [2.45, 2.75) is 19.8 Å². The topological polar surface area (TPSA) is 59.3 Å². The highest BCUT2D eigenvalue weighted by molar-refractivity contribution is 7.13. The molecule has 3 heterocycles. The Labute approximate surface area is 161 Å². The second kappa shape index (κ2) is 7.72. The van der Waals surface area contributed by atoms with Gasteiger partial charge >= 0.3 is 0 Å². The molecule has 27 heavy (non-hydrogen) atoms. The third-order valence-electron chi connectivity index (χ3n) is 4.37. The molecule has 0 unspecified atom stereocenters. The SMILES string of the molecule is Cc1cc2ncc(CCCNC(=O)c3ccc(-c4cccs4)cc3)cn2n1. The van der Waals surface area contributed by atoms with E-state index in [1.54, 1.807) is 15.9 Å². The van der Waals surface area contributed by atoms with Gasteiger partial charge in [0, 0.05) is 35.4 Å². The molecule has 3 aromatic heterocycles. The molecule has 1 amide bonds. The zero-order valence-corrected chi connectivity index (χ0v) is 15.9. The molecule has 0 aliphatic carbocycles. The summed E-state index contributed by atoms with van der Waals surface area (Å²) in [6.07, 6.45) is 5.58. The van der Waals surface area contributed by atoms with E-state index in [1.807, 2.05) is 55.7 Å². The highest BCUT2D eigenvalue weighted by Crippen LogP contribution is 2.24. The van der Waals surface area contributed by atoms with E-state index in [0.717, 1.165) is 35.3 Å². The van der Waals surface area contributed by atoms with Crippen molar-refractivity contribution >= 4 is 22.9 Å². The lowest BCUT2D eigenvalue weighted by atomic mass is 10.1. The van der Waals surface area contributed by atoms with E-state index in [1.165, 1.54) is 4.88 Å². The minimum atomic E-state index is -0.0380. The molecule has 4 rings (SSSR count). The Morgan fingerprint density at radius 3 is 2.85 bits per heavy atom. The van der Waals surface area contributed by atoms with Gasteiger partial charge < -0.3 is 5.32 Å². The van der Waals surface area contributed by atoms with Crippen LogP contribution in [-0.2, 0) is 6.42 Å². The number of amides is 1. The molecule has 1 N–H and O–H groups in total. The van der Waals surface area contributed by atoms with Gasteiger partial charge in [0.15, 0.2) is 5.65 Å². The first-order chi connectivity index (χ1) is 13.2. The summed E-state index contributed by atoms with van der Waals surface area (Å²) in [6.45, 7) is 2.58. The van der Waals surface area contributed by atoms with Crippen LogP contribution < -0.4 is 5.32 Å². The van der Waals surface area contributed by atoms with Crippen LogP contribution in [-0.4, -0.2) is 27.0 Å². The predicted molar refractivity (Wildman–Crippen MR) is 108 cm³/mol. The van der Waals surface area contributed by atoms with Crippen LogP contribution in [0.4, 0.5) is 0 Å². The summed E-state index contributed by atoms with van der Waals surface area (Å²) in [5.74, 6) is -0.0380. The Kier molecular flexibility index (Phi) is 4.98. The number of aromatic nitrogens is 3. The number of rotatable bonds is 6. The van der Waals surface area contributed by atoms with Gasteiger partial charge in [-0.05, 0) is 54.5 Å². The summed E-state index contributed by atoms with van der Waals surface area (Å²) in [6, 6.07) is 13.8. The molecule has 0 saturated carbocycles. The number of aryl methyl sites for hydroxylation is 2. The van der Waals surface area contributed by atoms with Gasteiger partial charge in [0.25, 0.3) is 5.91 Å². The maximum absolute atomic E-state index is 12.3. The summed E-state index contributed by atoms with van der Waals surface area (Å²) in [4.78, 5) is 17.9. The second-order valence-corrected chi connectivity index (χ2v) is 7.41. The third kappa shape index (κ3) is 4.06. The van der Waals surface area contributed by atoms with Gasteiger partial charge in [0.2, 0.25) is 0 Å². The van der Waals surface area contributed by atoms with E-state index >= 15 is 0 Å². The fraction of sp³-hybridized carbons (Fsp3) is 0.190. The zero-order chi connectivity index (χ0) is 18.6. The summed E-state index contributed by atoms with van der Waals surface area (Å²) >= 11 is 1.70. The van der Waals surface area contributed by atoms with Gasteiger partial charge in [0.05, 0.1) is 5.69 Å². The minimum absolute atomic E-state index is 0.0380. The number of carbonyl (C=O) groups excluding carboxylic acids is 1. The first-order valence-corrected chi connectivity index (χ1v) is 9.80. The molecule has 1 aromatic carbocycles. The maximum atomic E-state index is 12.3. The van der Waals surface area contributed by atoms with Gasteiger partial charge in [-0.2, -0.15) is 5.10 Å². The van der Waals surface area contributed by atoms with E-state index in [9.17, 15) is 4.79 Å². The summed E-state index contributed by atoms with van der Waals surface area (Å²) in [5.41, 5.74) is 4.75. The van der Waals surface area contributed by atoms with Crippen molar-refractivity contribution in [3.8, 4) is 10.4 Å². The highest BCUT2D eigenvalue weighted by Gasteiger charge is 2.06. The molecule has 0 atom stereocenters. The zero-order valence-electron chi connectivity index (χ0n) is 15.1. The number of thiophene rings is 1. The van der Waals surface area contributed by atoms with Crippen LogP contribution in [0.25, 0.3) is 16.1 Å². The van der Waals surface area contributed by atoms with E-state index in [2.05, 4.69) is 26.8 Å². The van der Waals surface area contributed by atoms with Crippen molar-refractivity contribution in [2.24, 2.45) is 0 Å². The van der Waals surface area contributed by atoms with Crippen molar-refractivity contribution in [1.82, 2.24) is 19.9 Å². The van der Waals surface area contributed by atoms with Crippen molar-refractivity contribution in [3.63, 3.8) is 0 Å². The Morgan fingerprint density at radius 1 is 1.22 bits per heavy atom. The molecule has 0 saturated heterocycles. The summed E-state index contributed by atoms with van der Waals surface area (Å²) < 4.78 is 1.80. The maximum Gasteiger partial charge on any atom is 0.251 e. The lowest BCUT2D eigenvalue weighted by Crippen LogP contribution is -2.24. The van der Waals surface area contributed by atoms with Crippen molar-refractivity contribution < 1.29 is 4.79 Å². The lowest BCUT2D eigenvalue weighted by molar-refractivity contribution is 0.0953. The molecule has 136 valence electrons. The first kappa shape index (κ1) is 17.4. The average Bonchev–Trinajstić information content (AvgIpc) is 3.33. The molecule has 0 aliphatic rings. The number of carbonyl (C=O) groups is 1. The number of nitrogens with one attached hydrogen (secondary N) is 1. The van der Waals surface area contributed by atoms with Crippen LogP contribution >= 0.6 is 11.3 Å². The number of hydrogen-bond acceptors (Lipinski definition) is 4. The van der Waals surface area contributed by atoms with Crippen LogP contribution in [0.1, 0.15) is 28.0 Å². The molecule has 0 radical (unpaired) electrons. The monoisotopic (exact) mass is 376 g/mol. The average molecular weight is 376 g/mol. The van der Waals surface area contributed by atoms with Gasteiger partial charge in [0.1, 0.15) is 0 Å². The van der Waals surface area contributed by atoms with E-state index < -0.39 is 0 Å². The Bertz CT molecular complexity index is 1050. The molecule has 0 bridgehead atoms. The van der Waals surface area contributed by atoms with Gasteiger partial charge in [-0.15, -0.1) is 11.3 Å². The number of hydrogen-bond donors (Lipinski definition) is 1. The standard InChI is InChI=1S/C21H20N4OS/c1-15-12-20-23-13-16(14-25(20)24-15)4-2-10-22-21(26)18-8-6-17(7-9-18)19-5-3-11-27-19/h3,5-9,11-14H,2,4,10H2,1H3,(H,22,26). The van der Waals surface area contributed by atoms with E-state index in [4.69, 9.17) is 0 Å². The molecular weight excluding hydrogens is 356 g/mol. The van der Waals surface area contributed by atoms with Crippen LogP contribution in [0.15, 0.2) is 60.2 Å². The third-order valence-corrected chi connectivity index (χ3v) is 5.29. The van der Waals surface area contributed by atoms with Gasteiger partial charge in [-0.1, -0.05) is 18.2 Å². The van der Waals surface area contributed by atoms with Gasteiger partial charge in [-0.3, -0.25) is 4.79 Å². The molecule has 0 spiro atoms. The molecule has 4 aromatic rings. The number of nitrogens with zero attached hydrogens (tertiary/aromatic N) is 3. The molecule has 0 fully saturated rings. The fourth-order valence-corrected chi connectivity index (χ4v) is 3.72. The van der Waals surface area contributed by atoms with Crippen molar-refractivity contribution in [3.05, 3.63) is 77.1 Å². The Morgan fingerprint density at radius 2 is 2.07 bits per heavy atom. The summed E-state index contributed by atoms with van der Waals surface area (Å²) in [7, 11) is 0. The normalized spacial score (nSPS) is 11.0. The van der Waals surface area contributed by atoms with E-state index in [-0.39, 0.29) is 5.91 Å². The minimum Gasteiger partial charge on any atom is -0.352 e. The number of fused-ring (bicyclic) bond motifs is 1. The number of benzene rings is 1. The Hall–Kier alpha value is -2.99. The van der Waals surface area contributed by atoms with Crippen LogP contribution in [0.3, 0.4) is 0 Å². The lowest BCUT2D eigenvalue weighted by Gasteiger charge is -2.06. The first-order valence-electron chi connectivity index (χ1n) is 8.92. The fourth-order valence-electron chi connectivity index (χ4n) is 2.99. The Balaban J connectivity index is 1.28.